The van der Waals surface area contributed by atoms with Gasteiger partial charge in [-0.05, 0) is 51.1 Å². The van der Waals surface area contributed by atoms with Crippen LogP contribution in [0.2, 0.25) is 10.0 Å². The van der Waals surface area contributed by atoms with Crippen LogP contribution >= 0.6 is 23.2 Å². The molecule has 0 atom stereocenters. The largest absolute Gasteiger partial charge is 0.489 e. The molecule has 0 aliphatic carbocycles. The fourth-order valence-electron chi connectivity index (χ4n) is 2.84. The molecule has 0 spiro atoms. The highest BCUT2D eigenvalue weighted by atomic mass is 35.5. The predicted molar refractivity (Wildman–Crippen MR) is 108 cm³/mol. The van der Waals surface area contributed by atoms with E-state index in [9.17, 15) is 0 Å². The van der Waals surface area contributed by atoms with Gasteiger partial charge in [-0.1, -0.05) is 35.3 Å². The number of aromatic nitrogens is 2. The molecule has 0 aliphatic rings. The second kappa shape index (κ2) is 8.76. The van der Waals surface area contributed by atoms with E-state index >= 15 is 0 Å². The Bertz CT molecular complexity index is 844. The van der Waals surface area contributed by atoms with Gasteiger partial charge < -0.3 is 15.0 Å². The van der Waals surface area contributed by atoms with E-state index in [1.54, 1.807) is 6.07 Å². The topological polar surface area (TPSA) is 49.9 Å². The highest BCUT2D eigenvalue weighted by molar-refractivity contribution is 6.35. The molecule has 0 saturated heterocycles. The van der Waals surface area contributed by atoms with Crippen LogP contribution in [0.25, 0.3) is 11.0 Å². The molecule has 6 heteroatoms. The molecule has 2 N–H and O–H groups in total. The molecule has 0 saturated carbocycles. The Kier molecular flexibility index (Phi) is 6.41. The first-order chi connectivity index (χ1) is 12.5. The summed E-state index contributed by atoms with van der Waals surface area (Å²) >= 11 is 12.4. The van der Waals surface area contributed by atoms with Gasteiger partial charge in [-0.15, -0.1) is 0 Å². The highest BCUT2D eigenvalue weighted by Gasteiger charge is 2.12. The molecule has 3 rings (SSSR count). The number of H-pyrrole nitrogens is 1. The van der Waals surface area contributed by atoms with Crippen molar-refractivity contribution >= 4 is 34.2 Å². The Morgan fingerprint density at radius 1 is 1.19 bits per heavy atom. The minimum Gasteiger partial charge on any atom is -0.489 e. The molecular weight excluding hydrogens is 369 g/mol. The Labute approximate surface area is 163 Å². The summed E-state index contributed by atoms with van der Waals surface area (Å²) in [6.45, 7) is 5.48. The normalized spacial score (nSPS) is 11.4. The lowest BCUT2D eigenvalue weighted by molar-refractivity contribution is 0.239. The third-order valence-corrected chi connectivity index (χ3v) is 4.46. The molecule has 0 amide bonds. The second-order valence-corrected chi connectivity index (χ2v) is 7.37. The predicted octanol–water partition coefficient (Wildman–Crippen LogP) is 5.38. The van der Waals surface area contributed by atoms with Crippen LogP contribution in [0.4, 0.5) is 0 Å². The van der Waals surface area contributed by atoms with E-state index in [0.717, 1.165) is 41.8 Å². The summed E-state index contributed by atoms with van der Waals surface area (Å²) in [6.07, 6.45) is 1.93. The SMILES string of the molecule is CC(C)Oc1c(Cl)cc(Cl)cc1CNCCCc1nc2ccccc2[nH]1. The van der Waals surface area contributed by atoms with E-state index in [2.05, 4.69) is 15.3 Å². The van der Waals surface area contributed by atoms with E-state index in [-0.39, 0.29) is 6.10 Å². The first-order valence-corrected chi connectivity index (χ1v) is 9.57. The van der Waals surface area contributed by atoms with Gasteiger partial charge in [0, 0.05) is 23.6 Å². The number of nitrogens with zero attached hydrogens (tertiary/aromatic N) is 1. The van der Waals surface area contributed by atoms with E-state index in [1.807, 2.05) is 44.2 Å². The van der Waals surface area contributed by atoms with E-state index < -0.39 is 0 Å². The van der Waals surface area contributed by atoms with Crippen molar-refractivity contribution in [1.29, 1.82) is 0 Å². The van der Waals surface area contributed by atoms with E-state index in [1.165, 1.54) is 0 Å². The van der Waals surface area contributed by atoms with Gasteiger partial charge in [0.1, 0.15) is 11.6 Å². The van der Waals surface area contributed by atoms with Gasteiger partial charge in [0.15, 0.2) is 0 Å². The number of ether oxygens (including phenoxy) is 1. The summed E-state index contributed by atoms with van der Waals surface area (Å²) in [5.41, 5.74) is 3.07. The van der Waals surface area contributed by atoms with Crippen molar-refractivity contribution in [2.24, 2.45) is 0 Å². The number of fused-ring (bicyclic) bond motifs is 1. The van der Waals surface area contributed by atoms with E-state index in [4.69, 9.17) is 27.9 Å². The molecule has 0 radical (unpaired) electrons. The monoisotopic (exact) mass is 391 g/mol. The Balaban J connectivity index is 1.53. The lowest BCUT2D eigenvalue weighted by Crippen LogP contribution is -2.17. The number of para-hydroxylation sites is 2. The van der Waals surface area contributed by atoms with Crippen molar-refractivity contribution in [3.05, 3.63) is 57.8 Å². The zero-order chi connectivity index (χ0) is 18.5. The Morgan fingerprint density at radius 3 is 2.77 bits per heavy atom. The first-order valence-electron chi connectivity index (χ1n) is 8.82. The third-order valence-electron chi connectivity index (χ3n) is 3.96. The zero-order valence-electron chi connectivity index (χ0n) is 15.0. The number of halogens is 2. The Hall–Kier alpha value is -1.75. The quantitative estimate of drug-likeness (QED) is 0.506. The second-order valence-electron chi connectivity index (χ2n) is 6.52. The number of aromatic amines is 1. The average Bonchev–Trinajstić information content (AvgIpc) is 3.00. The van der Waals surface area contributed by atoms with Gasteiger partial charge in [-0.2, -0.15) is 0 Å². The summed E-state index contributed by atoms with van der Waals surface area (Å²) in [5, 5.41) is 4.60. The third kappa shape index (κ3) is 4.91. The molecule has 0 aliphatic heterocycles. The smallest absolute Gasteiger partial charge is 0.142 e. The summed E-state index contributed by atoms with van der Waals surface area (Å²) in [4.78, 5) is 7.96. The molecule has 4 nitrogen and oxygen atoms in total. The van der Waals surface area contributed by atoms with Crippen LogP contribution in [0.3, 0.4) is 0 Å². The maximum atomic E-state index is 6.29. The van der Waals surface area contributed by atoms with Gasteiger partial charge in [0.25, 0.3) is 0 Å². The molecular formula is C20H23Cl2N3O. The molecule has 26 heavy (non-hydrogen) atoms. The van der Waals surface area contributed by atoms with Crippen LogP contribution < -0.4 is 10.1 Å². The lowest BCUT2D eigenvalue weighted by Gasteiger charge is -2.16. The number of benzene rings is 2. The molecule has 138 valence electrons. The van der Waals surface area contributed by atoms with Crippen LogP contribution in [0.1, 0.15) is 31.7 Å². The number of rotatable bonds is 8. The maximum absolute atomic E-state index is 6.29. The zero-order valence-corrected chi connectivity index (χ0v) is 16.5. The van der Waals surface area contributed by atoms with Gasteiger partial charge in [0.2, 0.25) is 0 Å². The van der Waals surface area contributed by atoms with Crippen molar-refractivity contribution in [3.63, 3.8) is 0 Å². The first kappa shape index (κ1) is 19.0. The van der Waals surface area contributed by atoms with Gasteiger partial charge in [-0.3, -0.25) is 0 Å². The van der Waals surface area contributed by atoms with Crippen molar-refractivity contribution < 1.29 is 4.74 Å². The van der Waals surface area contributed by atoms with Crippen molar-refractivity contribution in [1.82, 2.24) is 15.3 Å². The van der Waals surface area contributed by atoms with Crippen molar-refractivity contribution in [3.8, 4) is 5.75 Å². The number of nitrogens with one attached hydrogen (secondary N) is 2. The maximum Gasteiger partial charge on any atom is 0.142 e. The van der Waals surface area contributed by atoms with Gasteiger partial charge >= 0.3 is 0 Å². The minimum atomic E-state index is 0.0560. The minimum absolute atomic E-state index is 0.0560. The van der Waals surface area contributed by atoms with Crippen LogP contribution in [0, 0.1) is 0 Å². The Morgan fingerprint density at radius 2 is 2.00 bits per heavy atom. The van der Waals surface area contributed by atoms with Crippen LogP contribution in [0.15, 0.2) is 36.4 Å². The summed E-state index contributed by atoms with van der Waals surface area (Å²) < 4.78 is 5.85. The number of hydrogen-bond donors (Lipinski definition) is 2. The van der Waals surface area contributed by atoms with Crippen molar-refractivity contribution in [2.45, 2.75) is 39.3 Å². The number of hydrogen-bond acceptors (Lipinski definition) is 3. The molecule has 1 aromatic heterocycles. The fraction of sp³-hybridized carbons (Fsp3) is 0.350. The fourth-order valence-corrected chi connectivity index (χ4v) is 3.42. The van der Waals surface area contributed by atoms with E-state index in [0.29, 0.717) is 22.3 Å². The summed E-state index contributed by atoms with van der Waals surface area (Å²) in [5.74, 6) is 1.72. The van der Waals surface area contributed by atoms with Crippen LogP contribution in [-0.2, 0) is 13.0 Å². The highest BCUT2D eigenvalue weighted by Crippen LogP contribution is 2.33. The standard InChI is InChI=1S/C20H23Cl2N3O/c1-13(2)26-20-14(10-15(21)11-16(20)22)12-23-9-5-8-19-24-17-6-3-4-7-18(17)25-19/h3-4,6-7,10-11,13,23H,5,8-9,12H2,1-2H3,(H,24,25). The molecule has 0 fully saturated rings. The number of aryl methyl sites for hydroxylation is 1. The van der Waals surface area contributed by atoms with Crippen LogP contribution in [-0.4, -0.2) is 22.6 Å². The molecule has 2 aromatic carbocycles. The summed E-state index contributed by atoms with van der Waals surface area (Å²) in [7, 11) is 0. The average molecular weight is 392 g/mol. The molecule has 3 aromatic rings. The van der Waals surface area contributed by atoms with Crippen LogP contribution in [0.5, 0.6) is 5.75 Å². The molecule has 0 unspecified atom stereocenters. The van der Waals surface area contributed by atoms with Gasteiger partial charge in [0.05, 0.1) is 22.2 Å². The van der Waals surface area contributed by atoms with Gasteiger partial charge in [-0.25, -0.2) is 4.98 Å². The number of imidazole rings is 1. The summed E-state index contributed by atoms with van der Waals surface area (Å²) in [6, 6.07) is 11.7. The molecule has 0 bridgehead atoms. The molecule has 1 heterocycles. The lowest BCUT2D eigenvalue weighted by atomic mass is 10.2. The van der Waals surface area contributed by atoms with Crippen molar-refractivity contribution in [2.75, 3.05) is 6.54 Å².